The Morgan fingerprint density at radius 1 is 0.953 bits per heavy atom. The van der Waals surface area contributed by atoms with Crippen molar-refractivity contribution in [2.45, 2.75) is 78.3 Å². The summed E-state index contributed by atoms with van der Waals surface area (Å²) in [5.74, 6) is -3.73. The van der Waals surface area contributed by atoms with E-state index in [4.69, 9.17) is 9.47 Å². The van der Waals surface area contributed by atoms with Gasteiger partial charge in [0.05, 0.1) is 19.8 Å². The molecule has 17 heteroatoms. The van der Waals surface area contributed by atoms with Gasteiger partial charge < -0.3 is 75.9 Å². The highest BCUT2D eigenvalue weighted by Crippen LogP contribution is 2.39. The average molecular weight is 621 g/mol. The predicted octanol–water partition coefficient (Wildman–Crippen LogP) is -6.96. The number of phenolic OH excluding ortho intramolecular Hbond substituents is 1. The molecule has 0 saturated carbocycles. The first-order valence-electron chi connectivity index (χ1n) is 13.0. The van der Waals surface area contributed by atoms with Crippen molar-refractivity contribution >= 4 is 17.6 Å². The highest BCUT2D eigenvalue weighted by Gasteiger charge is 2.68. The molecule has 1 aromatic carbocycles. The van der Waals surface area contributed by atoms with Gasteiger partial charge in [0.1, 0.15) is 72.9 Å². The number of hydrogen-bond acceptors (Lipinski definition) is 17. The number of Topliss-reactive ketones (excluding diaryl/α,β-unsaturated/α-hetero) is 1. The highest BCUT2D eigenvalue weighted by atomic mass is 16.6. The van der Waals surface area contributed by atoms with Gasteiger partial charge in [0, 0.05) is 0 Å². The number of phenols is 1. The summed E-state index contributed by atoms with van der Waals surface area (Å²) in [5.41, 5.74) is -6.87. The van der Waals surface area contributed by atoms with Gasteiger partial charge >= 0.3 is 0 Å². The van der Waals surface area contributed by atoms with Crippen molar-refractivity contribution in [2.24, 2.45) is 0 Å². The molecule has 2 unspecified atom stereocenters. The maximum absolute atomic E-state index is 14.0. The molecule has 13 N–H and O–H groups in total. The summed E-state index contributed by atoms with van der Waals surface area (Å²) in [4.78, 5) is 27.7. The molecule has 3 rings (SSSR count). The minimum atomic E-state index is -3.65. The zero-order valence-corrected chi connectivity index (χ0v) is 22.4. The van der Waals surface area contributed by atoms with Gasteiger partial charge in [-0.05, 0) is 23.8 Å². The number of ketones is 2. The summed E-state index contributed by atoms with van der Waals surface area (Å²) in [6.07, 6.45) is -24.6. The Labute approximate surface area is 243 Å². The van der Waals surface area contributed by atoms with Gasteiger partial charge in [-0.3, -0.25) is 9.59 Å². The number of ether oxygens (including phenoxy) is 2. The largest absolute Gasteiger partial charge is 0.508 e. The van der Waals surface area contributed by atoms with E-state index in [0.717, 1.165) is 6.08 Å². The lowest BCUT2D eigenvalue weighted by Gasteiger charge is -2.51. The van der Waals surface area contributed by atoms with Gasteiger partial charge in [0.2, 0.25) is 11.4 Å². The molecular formula is C26H36O17. The molecule has 2 aliphatic heterocycles. The third kappa shape index (κ3) is 6.23. The number of aliphatic hydroxyl groups is 12. The summed E-state index contributed by atoms with van der Waals surface area (Å²) in [5, 5.41) is 135. The number of carbonyl (C=O) groups is 2. The first-order valence-corrected chi connectivity index (χ1v) is 13.0. The smallest absolute Gasteiger partial charge is 0.220 e. The summed E-state index contributed by atoms with van der Waals surface area (Å²) in [7, 11) is 0. The standard InChI is InChI=1S/C26H36O17/c27-7-12(30)20(37)25(41,24-19(36)16(33)13(31)9-42-24)22(39)23(40)26(21(38)18(35)17(34)14(8-28)43-26)15(32)6-3-10-1-4-11(29)5-2-10/h1-6,12-14,16-22,24,27-31,33-39,41H,7-9H2/b6-3+/t12-,13-,14-,16+,17-,18+,19-,20+,21-,22+,24?,25+,26?/m1/s1. The third-order valence-corrected chi connectivity index (χ3v) is 7.71. The quantitative estimate of drug-likeness (QED) is 0.0807. The van der Waals surface area contributed by atoms with Crippen LogP contribution in [0.15, 0.2) is 30.3 Å². The fourth-order valence-electron chi connectivity index (χ4n) is 5.10. The molecular weight excluding hydrogens is 584 g/mol. The first kappa shape index (κ1) is 35.0. The van der Waals surface area contributed by atoms with Crippen LogP contribution in [0, 0.1) is 0 Å². The number of benzene rings is 1. The Kier molecular flexibility index (Phi) is 11.1. The Hall–Kier alpha value is -2.46. The van der Waals surface area contributed by atoms with Crippen molar-refractivity contribution in [2.75, 3.05) is 19.8 Å². The van der Waals surface area contributed by atoms with Crippen molar-refractivity contribution < 1.29 is 85.4 Å². The molecule has 0 radical (unpaired) electrons. The third-order valence-electron chi connectivity index (χ3n) is 7.71. The van der Waals surface area contributed by atoms with E-state index >= 15 is 0 Å². The zero-order valence-electron chi connectivity index (χ0n) is 22.4. The Bertz CT molecular complexity index is 1140. The van der Waals surface area contributed by atoms with E-state index in [-0.39, 0.29) is 11.3 Å². The Morgan fingerprint density at radius 3 is 2.12 bits per heavy atom. The van der Waals surface area contributed by atoms with Crippen LogP contribution in [0.3, 0.4) is 0 Å². The molecule has 0 aromatic heterocycles. The molecule has 0 spiro atoms. The lowest BCUT2D eigenvalue weighted by Crippen LogP contribution is -2.78. The van der Waals surface area contributed by atoms with E-state index in [9.17, 15) is 76.0 Å². The number of rotatable bonds is 11. The maximum atomic E-state index is 14.0. The summed E-state index contributed by atoms with van der Waals surface area (Å²) in [6.45, 7) is -3.33. The minimum absolute atomic E-state index is 0.139. The molecule has 2 saturated heterocycles. The second-order valence-corrected chi connectivity index (χ2v) is 10.4. The summed E-state index contributed by atoms with van der Waals surface area (Å²) >= 11 is 0. The van der Waals surface area contributed by atoms with Crippen LogP contribution in [0.25, 0.3) is 6.08 Å². The molecule has 2 aliphatic rings. The monoisotopic (exact) mass is 620 g/mol. The van der Waals surface area contributed by atoms with Crippen LogP contribution in [0.1, 0.15) is 5.56 Å². The minimum Gasteiger partial charge on any atom is -0.508 e. The molecule has 2 fully saturated rings. The second kappa shape index (κ2) is 13.7. The van der Waals surface area contributed by atoms with Crippen molar-refractivity contribution in [1.29, 1.82) is 0 Å². The molecule has 17 nitrogen and oxygen atoms in total. The Balaban J connectivity index is 2.18. The van der Waals surface area contributed by atoms with Crippen LogP contribution >= 0.6 is 0 Å². The number of carbonyl (C=O) groups excluding carboxylic acids is 2. The van der Waals surface area contributed by atoms with Crippen LogP contribution in [0.4, 0.5) is 0 Å². The van der Waals surface area contributed by atoms with Crippen LogP contribution in [0.2, 0.25) is 0 Å². The Morgan fingerprint density at radius 2 is 1.56 bits per heavy atom. The molecule has 2 heterocycles. The van der Waals surface area contributed by atoms with Crippen molar-refractivity contribution in [3.63, 3.8) is 0 Å². The summed E-state index contributed by atoms with van der Waals surface area (Å²) < 4.78 is 10.4. The fraction of sp³-hybridized carbons (Fsp3) is 0.615. The number of aliphatic hydroxyl groups excluding tert-OH is 11. The molecule has 0 aliphatic carbocycles. The highest BCUT2D eigenvalue weighted by molar-refractivity contribution is 6.18. The van der Waals surface area contributed by atoms with Crippen LogP contribution in [0.5, 0.6) is 5.75 Å². The van der Waals surface area contributed by atoms with E-state index in [1.165, 1.54) is 24.3 Å². The molecule has 1 aromatic rings. The van der Waals surface area contributed by atoms with E-state index in [1.54, 1.807) is 0 Å². The fourth-order valence-corrected chi connectivity index (χ4v) is 5.10. The second-order valence-electron chi connectivity index (χ2n) is 10.4. The van der Waals surface area contributed by atoms with E-state index in [0.29, 0.717) is 6.08 Å². The van der Waals surface area contributed by atoms with Gasteiger partial charge in [0.15, 0.2) is 11.4 Å². The average Bonchev–Trinajstić information content (AvgIpc) is 3.00. The van der Waals surface area contributed by atoms with Gasteiger partial charge in [-0.2, -0.15) is 0 Å². The van der Waals surface area contributed by atoms with Crippen LogP contribution < -0.4 is 0 Å². The molecule has 0 amide bonds. The van der Waals surface area contributed by atoms with E-state index < -0.39 is 110 Å². The molecule has 13 atom stereocenters. The maximum Gasteiger partial charge on any atom is 0.220 e. The van der Waals surface area contributed by atoms with Gasteiger partial charge in [0.25, 0.3) is 0 Å². The normalized spacial score (nSPS) is 36.9. The molecule has 43 heavy (non-hydrogen) atoms. The van der Waals surface area contributed by atoms with Crippen molar-refractivity contribution in [3.05, 3.63) is 35.9 Å². The van der Waals surface area contributed by atoms with Crippen LogP contribution in [-0.2, 0) is 19.1 Å². The van der Waals surface area contributed by atoms with E-state index in [2.05, 4.69) is 0 Å². The molecule has 242 valence electrons. The van der Waals surface area contributed by atoms with Crippen molar-refractivity contribution in [3.8, 4) is 5.75 Å². The van der Waals surface area contributed by atoms with Gasteiger partial charge in [-0.15, -0.1) is 0 Å². The van der Waals surface area contributed by atoms with E-state index in [1.807, 2.05) is 0 Å². The lowest BCUT2D eigenvalue weighted by atomic mass is 9.70. The summed E-state index contributed by atoms with van der Waals surface area (Å²) in [6, 6.07) is 5.11. The van der Waals surface area contributed by atoms with Crippen LogP contribution in [-0.4, -0.2) is 176 Å². The van der Waals surface area contributed by atoms with Gasteiger partial charge in [-0.1, -0.05) is 18.2 Å². The lowest BCUT2D eigenvalue weighted by molar-refractivity contribution is -0.293. The first-order chi connectivity index (χ1) is 20.1. The topological polar surface area (TPSA) is 316 Å². The number of hydrogen-bond donors (Lipinski definition) is 13. The zero-order chi connectivity index (χ0) is 32.4. The number of aromatic hydroxyl groups is 1. The predicted molar refractivity (Wildman–Crippen MR) is 138 cm³/mol. The van der Waals surface area contributed by atoms with Crippen molar-refractivity contribution in [1.82, 2.24) is 0 Å². The molecule has 0 bridgehead atoms. The van der Waals surface area contributed by atoms with Gasteiger partial charge in [-0.25, -0.2) is 0 Å². The SMILES string of the molecule is O=C(/C=C/c1ccc(O)cc1)C1(C(=O)[C@H](O)[C@](O)(C2OC[C@@H](O)[C@H](O)[C@H]2O)[C@@H](O)[C@H](O)CO)O[C@H](CO)[C@@H](O)[C@H](O)[C@H]1O.